The Labute approximate surface area is 136 Å². The fourth-order valence-electron chi connectivity index (χ4n) is 2.85. The number of benzene rings is 1. The maximum absolute atomic E-state index is 5.77. The van der Waals surface area contributed by atoms with E-state index in [-0.39, 0.29) is 0 Å². The van der Waals surface area contributed by atoms with E-state index in [2.05, 4.69) is 34.2 Å². The molecule has 0 aromatic heterocycles. The van der Waals surface area contributed by atoms with E-state index >= 15 is 0 Å². The summed E-state index contributed by atoms with van der Waals surface area (Å²) in [5, 5.41) is 3.64. The molecule has 1 aromatic carbocycles. The van der Waals surface area contributed by atoms with Crippen molar-refractivity contribution in [3.05, 3.63) is 22.2 Å². The van der Waals surface area contributed by atoms with Gasteiger partial charge in [0.1, 0.15) is 0 Å². The van der Waals surface area contributed by atoms with Gasteiger partial charge in [-0.15, -0.1) is 0 Å². The fraction of sp³-hybridized carbons (Fsp3) is 0.647. The molecule has 0 bridgehead atoms. The van der Waals surface area contributed by atoms with Crippen molar-refractivity contribution in [3.8, 4) is 11.5 Å². The Morgan fingerprint density at radius 1 is 1.14 bits per heavy atom. The van der Waals surface area contributed by atoms with Crippen LogP contribution in [0.1, 0.15) is 51.6 Å². The Kier molecular flexibility index (Phi) is 6.37. The summed E-state index contributed by atoms with van der Waals surface area (Å²) < 4.78 is 12.6. The molecule has 0 saturated heterocycles. The van der Waals surface area contributed by atoms with E-state index in [1.54, 1.807) is 0 Å². The lowest BCUT2D eigenvalue weighted by Crippen LogP contribution is -2.32. The average molecular weight is 356 g/mol. The van der Waals surface area contributed by atoms with Crippen molar-refractivity contribution in [2.24, 2.45) is 5.92 Å². The van der Waals surface area contributed by atoms with E-state index in [0.717, 1.165) is 28.4 Å². The molecule has 118 valence electrons. The lowest BCUT2D eigenvalue weighted by atomic mass is 9.77. The summed E-state index contributed by atoms with van der Waals surface area (Å²) in [6, 6.07) is 4.59. The average Bonchev–Trinajstić information content (AvgIpc) is 2.40. The first-order valence-corrected chi connectivity index (χ1v) is 8.82. The van der Waals surface area contributed by atoms with Crippen LogP contribution in [0.15, 0.2) is 16.6 Å². The first kappa shape index (κ1) is 16.6. The second-order valence-electron chi connectivity index (χ2n) is 5.41. The van der Waals surface area contributed by atoms with Crippen LogP contribution >= 0.6 is 15.9 Å². The second kappa shape index (κ2) is 8.04. The third-order valence-electron chi connectivity index (χ3n) is 4.04. The van der Waals surface area contributed by atoms with Crippen LogP contribution in [0.5, 0.6) is 11.5 Å². The van der Waals surface area contributed by atoms with Crippen LogP contribution in [0.2, 0.25) is 0 Å². The normalized spacial score (nSPS) is 16.4. The summed E-state index contributed by atoms with van der Waals surface area (Å²) in [6.07, 6.45) is 3.96. The second-order valence-corrected chi connectivity index (χ2v) is 6.27. The molecule has 3 nitrogen and oxygen atoms in total. The molecular weight excluding hydrogens is 330 g/mol. The molecule has 1 unspecified atom stereocenters. The molecule has 0 radical (unpaired) electrons. The van der Waals surface area contributed by atoms with Crippen LogP contribution in [0, 0.1) is 5.92 Å². The molecule has 1 aromatic rings. The van der Waals surface area contributed by atoms with E-state index in [1.807, 2.05) is 19.9 Å². The fourth-order valence-corrected chi connectivity index (χ4v) is 3.42. The van der Waals surface area contributed by atoms with Crippen LogP contribution in [-0.4, -0.2) is 19.8 Å². The third-order valence-corrected chi connectivity index (χ3v) is 4.73. The van der Waals surface area contributed by atoms with Crippen molar-refractivity contribution >= 4 is 15.9 Å². The Hall–Kier alpha value is -0.740. The standard InChI is InChI=1S/C17H26BrNO2/c1-4-19-17(12-8-7-9-12)13-10-15(20-5-2)16(21-6-3)11-14(13)18/h10-12,17,19H,4-9H2,1-3H3. The minimum absolute atomic E-state index is 0.396. The van der Waals surface area contributed by atoms with E-state index in [0.29, 0.717) is 19.3 Å². The van der Waals surface area contributed by atoms with Gasteiger partial charge in [-0.25, -0.2) is 0 Å². The van der Waals surface area contributed by atoms with E-state index in [1.165, 1.54) is 24.8 Å². The Balaban J connectivity index is 2.33. The van der Waals surface area contributed by atoms with Crippen molar-refractivity contribution in [2.45, 2.75) is 46.1 Å². The molecule has 1 aliphatic rings. The Bertz CT molecular complexity index is 460. The predicted molar refractivity (Wildman–Crippen MR) is 90.2 cm³/mol. The number of halogens is 1. The summed E-state index contributed by atoms with van der Waals surface area (Å²) in [7, 11) is 0. The monoisotopic (exact) mass is 355 g/mol. The predicted octanol–water partition coefficient (Wildman–Crippen LogP) is 4.70. The lowest BCUT2D eigenvalue weighted by molar-refractivity contribution is 0.231. The lowest BCUT2D eigenvalue weighted by Gasteiger charge is -2.35. The summed E-state index contributed by atoms with van der Waals surface area (Å²) in [5.74, 6) is 2.40. The molecule has 0 heterocycles. The summed E-state index contributed by atoms with van der Waals surface area (Å²) in [5.41, 5.74) is 1.29. The Morgan fingerprint density at radius 2 is 1.76 bits per heavy atom. The van der Waals surface area contributed by atoms with Crippen molar-refractivity contribution in [2.75, 3.05) is 19.8 Å². The molecule has 0 amide bonds. The highest BCUT2D eigenvalue weighted by Gasteiger charge is 2.30. The van der Waals surface area contributed by atoms with Crippen LogP contribution in [0.25, 0.3) is 0 Å². The summed E-state index contributed by atoms with van der Waals surface area (Å²) >= 11 is 3.72. The third kappa shape index (κ3) is 3.92. The SMILES string of the molecule is CCNC(c1cc(OCC)c(OCC)cc1Br)C1CCC1. The molecule has 4 heteroatoms. The number of rotatable bonds is 8. The first-order chi connectivity index (χ1) is 10.2. The molecular formula is C17H26BrNO2. The number of ether oxygens (including phenoxy) is 2. The maximum atomic E-state index is 5.77. The quantitative estimate of drug-likeness (QED) is 0.733. The van der Waals surface area contributed by atoms with Crippen LogP contribution in [0.4, 0.5) is 0 Å². The van der Waals surface area contributed by atoms with Gasteiger partial charge < -0.3 is 14.8 Å². The van der Waals surface area contributed by atoms with Gasteiger partial charge >= 0.3 is 0 Å². The van der Waals surface area contributed by atoms with E-state index in [9.17, 15) is 0 Å². The van der Waals surface area contributed by atoms with Crippen LogP contribution in [-0.2, 0) is 0 Å². The van der Waals surface area contributed by atoms with Crippen molar-refractivity contribution in [3.63, 3.8) is 0 Å². The van der Waals surface area contributed by atoms with Gasteiger partial charge in [-0.3, -0.25) is 0 Å². The van der Waals surface area contributed by atoms with Gasteiger partial charge in [-0.1, -0.05) is 29.3 Å². The highest BCUT2D eigenvalue weighted by Crippen LogP contribution is 2.43. The van der Waals surface area contributed by atoms with Crippen LogP contribution < -0.4 is 14.8 Å². The van der Waals surface area contributed by atoms with Gasteiger partial charge in [-0.05, 0) is 56.8 Å². The van der Waals surface area contributed by atoms with Gasteiger partial charge in [0.05, 0.1) is 13.2 Å². The molecule has 0 aliphatic heterocycles. The summed E-state index contributed by atoms with van der Waals surface area (Å²) in [4.78, 5) is 0. The zero-order valence-corrected chi connectivity index (χ0v) is 14.8. The molecule has 0 spiro atoms. The Morgan fingerprint density at radius 3 is 2.24 bits per heavy atom. The largest absolute Gasteiger partial charge is 0.490 e. The van der Waals surface area contributed by atoms with E-state index < -0.39 is 0 Å². The van der Waals surface area contributed by atoms with Crippen molar-refractivity contribution in [1.29, 1.82) is 0 Å². The zero-order valence-electron chi connectivity index (χ0n) is 13.2. The highest BCUT2D eigenvalue weighted by atomic mass is 79.9. The number of hydrogen-bond acceptors (Lipinski definition) is 3. The zero-order chi connectivity index (χ0) is 15.2. The van der Waals surface area contributed by atoms with Gasteiger partial charge in [0.2, 0.25) is 0 Å². The molecule has 21 heavy (non-hydrogen) atoms. The maximum Gasteiger partial charge on any atom is 0.162 e. The van der Waals surface area contributed by atoms with Gasteiger partial charge in [0.15, 0.2) is 11.5 Å². The molecule has 1 fully saturated rings. The number of nitrogens with one attached hydrogen (secondary N) is 1. The smallest absolute Gasteiger partial charge is 0.162 e. The molecule has 1 N–H and O–H groups in total. The first-order valence-electron chi connectivity index (χ1n) is 8.03. The van der Waals surface area contributed by atoms with Gasteiger partial charge in [0, 0.05) is 10.5 Å². The molecule has 1 saturated carbocycles. The number of hydrogen-bond donors (Lipinski definition) is 1. The van der Waals surface area contributed by atoms with Crippen molar-refractivity contribution < 1.29 is 9.47 Å². The molecule has 1 aliphatic carbocycles. The topological polar surface area (TPSA) is 30.5 Å². The van der Waals surface area contributed by atoms with Crippen molar-refractivity contribution in [1.82, 2.24) is 5.32 Å². The van der Waals surface area contributed by atoms with Crippen LogP contribution in [0.3, 0.4) is 0 Å². The highest BCUT2D eigenvalue weighted by molar-refractivity contribution is 9.10. The minimum Gasteiger partial charge on any atom is -0.490 e. The molecule has 2 rings (SSSR count). The van der Waals surface area contributed by atoms with Gasteiger partial charge in [0.25, 0.3) is 0 Å². The minimum atomic E-state index is 0.396. The molecule has 1 atom stereocenters. The van der Waals surface area contributed by atoms with E-state index in [4.69, 9.17) is 9.47 Å². The van der Waals surface area contributed by atoms with Gasteiger partial charge in [-0.2, -0.15) is 0 Å². The summed E-state index contributed by atoms with van der Waals surface area (Å²) in [6.45, 7) is 8.43.